The van der Waals surface area contributed by atoms with Gasteiger partial charge in [0.25, 0.3) is 0 Å². The van der Waals surface area contributed by atoms with E-state index in [1.165, 1.54) is 145 Å². The van der Waals surface area contributed by atoms with Crippen molar-refractivity contribution in [2.24, 2.45) is 29.6 Å². The van der Waals surface area contributed by atoms with Crippen LogP contribution < -0.4 is 5.22 Å². The van der Waals surface area contributed by atoms with Gasteiger partial charge in [-0.2, -0.15) is 0 Å². The maximum absolute atomic E-state index is 2.68. The van der Waals surface area contributed by atoms with Crippen LogP contribution in [0.4, 0.5) is 0 Å². The fourth-order valence-electron chi connectivity index (χ4n) is 14.9. The molecule has 17 rings (SSSR count). The lowest BCUT2D eigenvalue weighted by Crippen LogP contribution is -2.25. The average molecular weight is 853 g/mol. The van der Waals surface area contributed by atoms with E-state index in [0.717, 1.165) is 38.0 Å². The molecule has 7 aromatic carbocycles. The zero-order valence-electron chi connectivity index (χ0n) is 37.6. The Morgan fingerprint density at radius 3 is 2.00 bits per heavy atom. The molecule has 316 valence electrons. The Kier molecular flexibility index (Phi) is 6.96. The minimum absolute atomic E-state index is 0.262. The van der Waals surface area contributed by atoms with Crippen molar-refractivity contribution in [3.63, 3.8) is 0 Å². The van der Waals surface area contributed by atoms with Crippen molar-refractivity contribution in [1.82, 2.24) is 0 Å². The van der Waals surface area contributed by atoms with E-state index in [1.807, 2.05) is 0 Å². The van der Waals surface area contributed by atoms with Gasteiger partial charge in [-0.25, -0.2) is 0 Å². The average Bonchev–Trinajstić information content (AvgIpc) is 4.30. The molecule has 0 saturated heterocycles. The topological polar surface area (TPSA) is 0 Å². The molecular formula is C67H48. The number of fused-ring (bicyclic) bond motifs is 12. The fourth-order valence-corrected chi connectivity index (χ4v) is 14.9. The monoisotopic (exact) mass is 852 g/mol. The molecule has 0 nitrogen and oxygen atoms in total. The van der Waals surface area contributed by atoms with Gasteiger partial charge < -0.3 is 0 Å². The van der Waals surface area contributed by atoms with E-state index in [4.69, 9.17) is 0 Å². The van der Waals surface area contributed by atoms with E-state index >= 15 is 0 Å². The molecule has 0 spiro atoms. The van der Waals surface area contributed by atoms with Gasteiger partial charge in [0, 0.05) is 11.8 Å². The van der Waals surface area contributed by atoms with Crippen LogP contribution in [-0.4, -0.2) is 0 Å². The molecule has 0 N–H and O–H groups in total. The van der Waals surface area contributed by atoms with Gasteiger partial charge in [-0.1, -0.05) is 170 Å². The van der Waals surface area contributed by atoms with Crippen LogP contribution in [0.3, 0.4) is 0 Å². The van der Waals surface area contributed by atoms with Crippen molar-refractivity contribution >= 4 is 77.0 Å². The molecule has 0 aromatic heterocycles. The zero-order chi connectivity index (χ0) is 43.2. The summed E-state index contributed by atoms with van der Waals surface area (Å²) in [5, 5.41) is 12.8. The predicted octanol–water partition coefficient (Wildman–Crippen LogP) is 16.4. The minimum atomic E-state index is 0.262. The lowest BCUT2D eigenvalue weighted by atomic mass is 9.63. The second-order valence-electron chi connectivity index (χ2n) is 21.3. The van der Waals surface area contributed by atoms with Crippen LogP contribution in [0.2, 0.25) is 0 Å². The van der Waals surface area contributed by atoms with Gasteiger partial charge in [0.1, 0.15) is 0 Å². The van der Waals surface area contributed by atoms with E-state index in [2.05, 4.69) is 170 Å². The van der Waals surface area contributed by atoms with Gasteiger partial charge in [0.05, 0.1) is 0 Å². The van der Waals surface area contributed by atoms with Gasteiger partial charge in [-0.15, -0.1) is 0 Å². The first-order valence-corrected chi connectivity index (χ1v) is 25.4. The summed E-state index contributed by atoms with van der Waals surface area (Å²) in [7, 11) is 0. The highest BCUT2D eigenvalue weighted by atomic mass is 14.5. The molecule has 7 aromatic rings. The molecule has 0 bridgehead atoms. The molecule has 10 aliphatic carbocycles. The number of benzene rings is 7. The Balaban J connectivity index is 0.970. The number of rotatable bonds is 4. The summed E-state index contributed by atoms with van der Waals surface area (Å²) in [6.07, 6.45) is 40.9. The minimum Gasteiger partial charge on any atom is -0.0836 e. The van der Waals surface area contributed by atoms with E-state index in [9.17, 15) is 0 Å². The second-order valence-corrected chi connectivity index (χ2v) is 21.3. The van der Waals surface area contributed by atoms with Gasteiger partial charge in [0.2, 0.25) is 0 Å². The first-order chi connectivity index (χ1) is 33.3. The van der Waals surface area contributed by atoms with Gasteiger partial charge in [0.15, 0.2) is 0 Å². The third-order valence-electron chi connectivity index (χ3n) is 17.9. The smallest absolute Gasteiger partial charge is 0.0218 e. The summed E-state index contributed by atoms with van der Waals surface area (Å²) < 4.78 is 0. The van der Waals surface area contributed by atoms with Crippen LogP contribution in [-0.2, 0) is 0 Å². The highest BCUT2D eigenvalue weighted by molar-refractivity contribution is 6.31. The lowest BCUT2D eigenvalue weighted by molar-refractivity contribution is 0.651. The summed E-state index contributed by atoms with van der Waals surface area (Å²) >= 11 is 0. The quantitative estimate of drug-likeness (QED) is 0.122. The highest BCUT2D eigenvalue weighted by Crippen LogP contribution is 2.65. The van der Waals surface area contributed by atoms with Crippen molar-refractivity contribution in [3.05, 3.63) is 225 Å². The van der Waals surface area contributed by atoms with Crippen molar-refractivity contribution in [1.29, 1.82) is 0 Å². The lowest BCUT2D eigenvalue weighted by Gasteiger charge is -2.40. The van der Waals surface area contributed by atoms with Crippen LogP contribution in [0.15, 0.2) is 181 Å². The van der Waals surface area contributed by atoms with Crippen molar-refractivity contribution in [2.45, 2.75) is 50.9 Å². The summed E-state index contributed by atoms with van der Waals surface area (Å²) in [6.45, 7) is 0. The summed E-state index contributed by atoms with van der Waals surface area (Å²) in [5.74, 6) is 3.40. The van der Waals surface area contributed by atoms with E-state index in [1.54, 1.807) is 11.1 Å². The Bertz CT molecular complexity index is 3950. The molecular weight excluding hydrogens is 805 g/mol. The number of hydrogen-bond acceptors (Lipinski definition) is 0. The molecule has 2 saturated carbocycles. The van der Waals surface area contributed by atoms with Crippen LogP contribution >= 0.6 is 0 Å². The van der Waals surface area contributed by atoms with Crippen LogP contribution in [0.25, 0.3) is 88.2 Å². The Labute approximate surface area is 391 Å². The van der Waals surface area contributed by atoms with Crippen LogP contribution in [0.5, 0.6) is 0 Å². The molecule has 0 amide bonds. The van der Waals surface area contributed by atoms with Crippen LogP contribution in [0, 0.1) is 29.6 Å². The number of allylic oxidation sites excluding steroid dienone is 19. The molecule has 0 heteroatoms. The Hall–Kier alpha value is -7.02. The molecule has 0 heterocycles. The first kappa shape index (κ1) is 36.1. The summed E-state index contributed by atoms with van der Waals surface area (Å²) in [4.78, 5) is 0. The largest absolute Gasteiger partial charge is 0.0836 e. The normalized spacial score (nSPS) is 26.2. The van der Waals surface area contributed by atoms with Gasteiger partial charge >= 0.3 is 0 Å². The second kappa shape index (κ2) is 12.9. The maximum Gasteiger partial charge on any atom is 0.0218 e. The standard InChI is InChI=1S/C67H48/c1-3-12-36(13-4-1)56-44-16-7-9-18-46(44)58(40-24-22-38-32-42(38)34-40)66-53-30-27-50-51-28-31-54-63-55(29-26-49(61(51)63)48-20-11-21-52(64(56)66)62(53)60(48)50)67-59(41-25-23-39-33-43(39)35-41)47-19-10-8-17-45(47)57(65(54)67)37-14-5-2-6-15-37/h2-3,5-7,9,12-31,34-35,38-39,42-43,59,67H,1,4,8,10-11,32-33H2. The van der Waals surface area contributed by atoms with E-state index in [-0.39, 0.29) is 5.92 Å². The molecule has 2 fully saturated rings. The molecule has 6 unspecified atom stereocenters. The third kappa shape index (κ3) is 4.69. The summed E-state index contributed by atoms with van der Waals surface area (Å²) in [6, 6.07) is 36.0. The van der Waals surface area contributed by atoms with Crippen molar-refractivity contribution in [3.8, 4) is 11.1 Å². The summed E-state index contributed by atoms with van der Waals surface area (Å²) in [5.41, 5.74) is 24.7. The molecule has 0 radical (unpaired) electrons. The van der Waals surface area contributed by atoms with Gasteiger partial charge in [-0.3, -0.25) is 0 Å². The molecule has 0 aliphatic heterocycles. The third-order valence-corrected chi connectivity index (χ3v) is 17.9. The molecule has 10 aliphatic rings. The Morgan fingerprint density at radius 1 is 0.433 bits per heavy atom. The predicted molar refractivity (Wildman–Crippen MR) is 282 cm³/mol. The van der Waals surface area contributed by atoms with E-state index < -0.39 is 0 Å². The molecule has 67 heavy (non-hydrogen) atoms. The van der Waals surface area contributed by atoms with Crippen molar-refractivity contribution in [2.75, 3.05) is 0 Å². The number of hydrogen-bond donors (Lipinski definition) is 0. The van der Waals surface area contributed by atoms with E-state index in [0.29, 0.717) is 23.7 Å². The maximum atomic E-state index is 2.68. The van der Waals surface area contributed by atoms with Crippen molar-refractivity contribution < 1.29 is 0 Å². The SMILES string of the molecule is C1=CC(c2c3c(c(C4=CC5CC5C=C4)c4ccccc24)-c2ccc4c5c2C3=CCC=c5c2ccc3c5c(ccc4c52)C2=C(c4ccccc4)C4=CCCC=C4C(C4=CC5CC5C=C4)C23)=CCC1. The molecule has 6 atom stereocenters. The van der Waals surface area contributed by atoms with Gasteiger partial charge in [-0.05, 0) is 212 Å². The van der Waals surface area contributed by atoms with Crippen LogP contribution in [0.1, 0.15) is 89.8 Å². The highest BCUT2D eigenvalue weighted by Gasteiger charge is 2.48. The Morgan fingerprint density at radius 2 is 1.18 bits per heavy atom. The fraction of sp³-hybridized carbons (Fsp3) is 0.194. The zero-order valence-corrected chi connectivity index (χ0v) is 37.6. The first-order valence-electron chi connectivity index (χ1n) is 25.4.